The van der Waals surface area contributed by atoms with Gasteiger partial charge in [0.2, 0.25) is 0 Å². The predicted octanol–water partition coefficient (Wildman–Crippen LogP) is 5.00. The molecule has 0 N–H and O–H groups in total. The van der Waals surface area contributed by atoms with Crippen LogP contribution in [0.4, 0.5) is 0 Å². The van der Waals surface area contributed by atoms with Gasteiger partial charge in [0, 0.05) is 0 Å². The Hall–Kier alpha value is 1.26. The summed E-state index contributed by atoms with van der Waals surface area (Å²) in [5.74, 6) is 0. The summed E-state index contributed by atoms with van der Waals surface area (Å²) in [6, 6.07) is 0. The fourth-order valence-electron chi connectivity index (χ4n) is 2.02. The maximum absolute atomic E-state index is 3.87. The summed E-state index contributed by atoms with van der Waals surface area (Å²) in [7, 11) is 0. The van der Waals surface area contributed by atoms with Gasteiger partial charge in [-0.15, -0.1) is 0 Å². The third kappa shape index (κ3) is 17.6. The Balaban J connectivity index is 0. The van der Waals surface area contributed by atoms with Crippen molar-refractivity contribution in [3.63, 3.8) is 0 Å². The molecule has 0 spiro atoms. The van der Waals surface area contributed by atoms with Crippen LogP contribution in [0.3, 0.4) is 0 Å². The molecule has 0 bridgehead atoms. The fraction of sp³-hybridized carbons (Fsp3) is 0.933. The van der Waals surface area contributed by atoms with E-state index in [-0.39, 0.29) is 37.7 Å². The predicted molar refractivity (Wildman–Crippen MR) is 79.6 cm³/mol. The first kappa shape index (κ1) is 19.6. The van der Waals surface area contributed by atoms with Gasteiger partial charge in [-0.25, -0.2) is 0 Å². The van der Waals surface area contributed by atoms with Crippen LogP contribution < -0.4 is 0 Å². The van der Waals surface area contributed by atoms with Crippen LogP contribution in [0.15, 0.2) is 0 Å². The second kappa shape index (κ2) is 18.6. The van der Waals surface area contributed by atoms with E-state index in [1.165, 1.54) is 77.0 Å². The van der Waals surface area contributed by atoms with Crippen LogP contribution in [0.5, 0.6) is 0 Å². The second-order valence-corrected chi connectivity index (χ2v) is 4.74. The SMILES string of the molecule is [CH2]CCCCCCCCCCCCCC.[CaH2]. The Morgan fingerprint density at radius 1 is 0.562 bits per heavy atom. The molecular formula is C15H33Ca. The van der Waals surface area contributed by atoms with Crippen LogP contribution in [0.25, 0.3) is 0 Å². The summed E-state index contributed by atoms with van der Waals surface area (Å²) >= 11 is 0. The Bertz CT molecular complexity index is 89.6. The Morgan fingerprint density at radius 3 is 1.19 bits per heavy atom. The zero-order valence-corrected chi connectivity index (χ0v) is 10.9. The topological polar surface area (TPSA) is 0 Å². The first-order valence-corrected chi connectivity index (χ1v) is 7.21. The molecule has 0 aromatic rings. The third-order valence-electron chi connectivity index (χ3n) is 3.10. The van der Waals surface area contributed by atoms with Gasteiger partial charge in [0.05, 0.1) is 0 Å². The van der Waals surface area contributed by atoms with Crippen molar-refractivity contribution in [2.24, 2.45) is 0 Å². The van der Waals surface area contributed by atoms with Crippen LogP contribution in [-0.2, 0) is 0 Å². The monoisotopic (exact) mass is 253 g/mol. The van der Waals surface area contributed by atoms with Crippen LogP contribution in [0, 0.1) is 6.92 Å². The van der Waals surface area contributed by atoms with Crippen molar-refractivity contribution in [2.75, 3.05) is 0 Å². The van der Waals surface area contributed by atoms with Crippen molar-refractivity contribution in [1.82, 2.24) is 0 Å². The van der Waals surface area contributed by atoms with Crippen molar-refractivity contribution < 1.29 is 0 Å². The number of rotatable bonds is 12. The van der Waals surface area contributed by atoms with Crippen molar-refractivity contribution >= 4 is 37.7 Å². The summed E-state index contributed by atoms with van der Waals surface area (Å²) in [6.07, 6.45) is 18.3. The van der Waals surface area contributed by atoms with Gasteiger partial charge in [-0.1, -0.05) is 97.3 Å². The maximum atomic E-state index is 3.87. The van der Waals surface area contributed by atoms with Gasteiger partial charge >= 0.3 is 37.7 Å². The van der Waals surface area contributed by atoms with Crippen LogP contribution in [0.2, 0.25) is 0 Å². The van der Waals surface area contributed by atoms with E-state index < -0.39 is 0 Å². The van der Waals surface area contributed by atoms with Crippen LogP contribution in [-0.4, -0.2) is 37.7 Å². The molecule has 0 amide bonds. The van der Waals surface area contributed by atoms with Crippen molar-refractivity contribution in [3.8, 4) is 0 Å². The molecule has 0 atom stereocenters. The number of unbranched alkanes of at least 4 members (excludes halogenated alkanes) is 12. The molecule has 0 rings (SSSR count). The van der Waals surface area contributed by atoms with Gasteiger partial charge in [0.1, 0.15) is 0 Å². The molecule has 0 heterocycles. The first-order valence-electron chi connectivity index (χ1n) is 7.21. The molecule has 1 heteroatoms. The molecule has 0 aliphatic carbocycles. The Kier molecular flexibility index (Phi) is 22.8. The molecule has 0 nitrogen and oxygen atoms in total. The molecule has 0 saturated heterocycles. The number of hydrogen-bond acceptors (Lipinski definition) is 0. The average Bonchev–Trinajstić information content (AvgIpc) is 2.26. The summed E-state index contributed by atoms with van der Waals surface area (Å²) < 4.78 is 0. The molecule has 95 valence electrons. The van der Waals surface area contributed by atoms with E-state index in [1.807, 2.05) is 0 Å². The van der Waals surface area contributed by atoms with Crippen molar-refractivity contribution in [1.29, 1.82) is 0 Å². The minimum atomic E-state index is 0. The molecule has 0 saturated carbocycles. The van der Waals surface area contributed by atoms with Gasteiger partial charge in [0.15, 0.2) is 0 Å². The average molecular weight is 254 g/mol. The zero-order valence-electron chi connectivity index (χ0n) is 10.9. The van der Waals surface area contributed by atoms with E-state index in [0.29, 0.717) is 0 Å². The molecule has 0 fully saturated rings. The Morgan fingerprint density at radius 2 is 0.875 bits per heavy atom. The molecule has 16 heavy (non-hydrogen) atoms. The zero-order chi connectivity index (χ0) is 11.2. The molecule has 0 aliphatic heterocycles. The van der Waals surface area contributed by atoms with E-state index in [1.54, 1.807) is 0 Å². The quantitative estimate of drug-likeness (QED) is 0.339. The van der Waals surface area contributed by atoms with E-state index >= 15 is 0 Å². The van der Waals surface area contributed by atoms with Gasteiger partial charge < -0.3 is 0 Å². The van der Waals surface area contributed by atoms with E-state index in [2.05, 4.69) is 13.8 Å². The molecule has 0 aromatic heterocycles. The van der Waals surface area contributed by atoms with Crippen LogP contribution in [0.1, 0.15) is 90.4 Å². The second-order valence-electron chi connectivity index (χ2n) is 4.74. The molecule has 0 aromatic carbocycles. The number of hydrogen-bond donors (Lipinski definition) is 0. The Labute approximate surface area is 134 Å². The fourth-order valence-corrected chi connectivity index (χ4v) is 2.02. The molecule has 0 unspecified atom stereocenters. The normalized spacial score (nSPS) is 10.1. The van der Waals surface area contributed by atoms with E-state index in [9.17, 15) is 0 Å². The standard InChI is InChI=1S/C15H31.Ca.2H/c1-3-5-7-9-11-13-15-14-12-10-8-6-4-2;;;/h1,3-15H2,2H3;;;. The van der Waals surface area contributed by atoms with Gasteiger partial charge in [-0.05, 0) is 0 Å². The summed E-state index contributed by atoms with van der Waals surface area (Å²) in [6.45, 7) is 6.15. The van der Waals surface area contributed by atoms with Gasteiger partial charge in [-0.2, -0.15) is 0 Å². The van der Waals surface area contributed by atoms with Crippen molar-refractivity contribution in [2.45, 2.75) is 90.4 Å². The minimum absolute atomic E-state index is 0. The van der Waals surface area contributed by atoms with E-state index in [4.69, 9.17) is 0 Å². The van der Waals surface area contributed by atoms with Gasteiger partial charge in [0.25, 0.3) is 0 Å². The van der Waals surface area contributed by atoms with Crippen LogP contribution >= 0.6 is 0 Å². The van der Waals surface area contributed by atoms with E-state index in [0.717, 1.165) is 6.42 Å². The molecule has 1 radical (unpaired) electrons. The summed E-state index contributed by atoms with van der Waals surface area (Å²) in [5.41, 5.74) is 0. The first-order chi connectivity index (χ1) is 7.41. The summed E-state index contributed by atoms with van der Waals surface area (Å²) in [5, 5.41) is 0. The van der Waals surface area contributed by atoms with Crippen molar-refractivity contribution in [3.05, 3.63) is 6.92 Å². The van der Waals surface area contributed by atoms with Gasteiger partial charge in [-0.3, -0.25) is 0 Å². The molecule has 0 aliphatic rings. The molecular weight excluding hydrogens is 220 g/mol. The third-order valence-corrected chi connectivity index (χ3v) is 3.10. The summed E-state index contributed by atoms with van der Waals surface area (Å²) in [4.78, 5) is 0.